The number of Topliss-reactive ketones (excluding diaryl/α,β-unsaturated/α-hetero) is 1. The van der Waals surface area contributed by atoms with E-state index in [0.29, 0.717) is 6.42 Å². The van der Waals surface area contributed by atoms with Crippen LogP contribution in [0.25, 0.3) is 0 Å². The van der Waals surface area contributed by atoms with E-state index in [1.165, 1.54) is 11.8 Å². The fourth-order valence-corrected chi connectivity index (χ4v) is 0.834. The predicted molar refractivity (Wildman–Crippen MR) is 49.5 cm³/mol. The molecule has 0 radical (unpaired) electrons. The lowest BCUT2D eigenvalue weighted by Gasteiger charge is -2.17. The molecule has 1 amide bonds. The standard InChI is InChI=1S/C9H17NO3/c1-5-6-8(7(2)11)13-9(12)10(3)4/h8H,5-6H2,1-4H3. The van der Waals surface area contributed by atoms with Crippen molar-refractivity contribution in [1.29, 1.82) is 0 Å². The number of nitrogens with zero attached hydrogens (tertiary/aromatic N) is 1. The van der Waals surface area contributed by atoms with Gasteiger partial charge < -0.3 is 9.64 Å². The van der Waals surface area contributed by atoms with Gasteiger partial charge in [0.1, 0.15) is 0 Å². The Morgan fingerprint density at radius 1 is 1.38 bits per heavy atom. The minimum absolute atomic E-state index is 0.1000. The summed E-state index contributed by atoms with van der Waals surface area (Å²) in [4.78, 5) is 23.4. The first-order valence-corrected chi connectivity index (χ1v) is 4.37. The van der Waals surface area contributed by atoms with Crippen LogP contribution in [0.2, 0.25) is 0 Å². The highest BCUT2D eigenvalue weighted by molar-refractivity contribution is 5.83. The number of ketones is 1. The van der Waals surface area contributed by atoms with Crippen LogP contribution in [0.4, 0.5) is 4.79 Å². The monoisotopic (exact) mass is 187 g/mol. The molecule has 0 saturated carbocycles. The summed E-state index contributed by atoms with van der Waals surface area (Å²) in [5.74, 6) is -0.1000. The molecule has 4 heteroatoms. The van der Waals surface area contributed by atoms with Gasteiger partial charge in [-0.2, -0.15) is 0 Å². The van der Waals surface area contributed by atoms with Crippen LogP contribution in [-0.4, -0.2) is 37.0 Å². The van der Waals surface area contributed by atoms with Gasteiger partial charge in [-0.1, -0.05) is 13.3 Å². The molecule has 0 aromatic heterocycles. The average molecular weight is 187 g/mol. The van der Waals surface area contributed by atoms with Crippen LogP contribution in [0.15, 0.2) is 0 Å². The molecule has 1 atom stereocenters. The maximum absolute atomic E-state index is 11.1. The van der Waals surface area contributed by atoms with Crippen molar-refractivity contribution in [3.8, 4) is 0 Å². The maximum Gasteiger partial charge on any atom is 0.409 e. The lowest BCUT2D eigenvalue weighted by Crippen LogP contribution is -2.31. The van der Waals surface area contributed by atoms with E-state index in [1.54, 1.807) is 14.1 Å². The first kappa shape index (κ1) is 11.9. The van der Waals surface area contributed by atoms with Crippen molar-refractivity contribution in [1.82, 2.24) is 4.90 Å². The summed E-state index contributed by atoms with van der Waals surface area (Å²) in [6.07, 6.45) is 0.369. The highest BCUT2D eigenvalue weighted by Gasteiger charge is 2.18. The van der Waals surface area contributed by atoms with E-state index in [0.717, 1.165) is 6.42 Å². The quantitative estimate of drug-likeness (QED) is 0.669. The molecule has 0 N–H and O–H groups in total. The second-order valence-electron chi connectivity index (χ2n) is 3.17. The minimum Gasteiger partial charge on any atom is -0.438 e. The predicted octanol–water partition coefficient (Wildman–Crippen LogP) is 1.44. The first-order chi connectivity index (χ1) is 5.99. The third-order valence-corrected chi connectivity index (χ3v) is 1.61. The van der Waals surface area contributed by atoms with Crippen LogP contribution in [0.5, 0.6) is 0 Å². The molecular weight excluding hydrogens is 170 g/mol. The lowest BCUT2D eigenvalue weighted by atomic mass is 10.1. The van der Waals surface area contributed by atoms with E-state index in [1.807, 2.05) is 6.92 Å². The van der Waals surface area contributed by atoms with E-state index in [4.69, 9.17) is 4.74 Å². The fourth-order valence-electron chi connectivity index (χ4n) is 0.834. The molecule has 76 valence electrons. The van der Waals surface area contributed by atoms with Crippen molar-refractivity contribution < 1.29 is 14.3 Å². The summed E-state index contributed by atoms with van der Waals surface area (Å²) < 4.78 is 4.95. The molecule has 4 nitrogen and oxygen atoms in total. The summed E-state index contributed by atoms with van der Waals surface area (Å²) in [5.41, 5.74) is 0. The minimum atomic E-state index is -0.583. The first-order valence-electron chi connectivity index (χ1n) is 4.37. The van der Waals surface area contributed by atoms with Crippen molar-refractivity contribution in [2.45, 2.75) is 32.8 Å². The van der Waals surface area contributed by atoms with Crippen LogP contribution in [0, 0.1) is 0 Å². The number of carbonyl (C=O) groups excluding carboxylic acids is 2. The van der Waals surface area contributed by atoms with E-state index < -0.39 is 12.2 Å². The van der Waals surface area contributed by atoms with Gasteiger partial charge >= 0.3 is 6.09 Å². The number of hydrogen-bond acceptors (Lipinski definition) is 3. The van der Waals surface area contributed by atoms with E-state index in [9.17, 15) is 9.59 Å². The Labute approximate surface area is 78.9 Å². The molecule has 0 aromatic rings. The number of amides is 1. The lowest BCUT2D eigenvalue weighted by molar-refractivity contribution is -0.125. The van der Waals surface area contributed by atoms with Gasteiger partial charge in [0.25, 0.3) is 0 Å². The van der Waals surface area contributed by atoms with Crippen molar-refractivity contribution in [3.05, 3.63) is 0 Å². The normalized spacial score (nSPS) is 12.0. The van der Waals surface area contributed by atoms with Crippen molar-refractivity contribution in [2.24, 2.45) is 0 Å². The summed E-state index contributed by atoms with van der Waals surface area (Å²) in [7, 11) is 3.18. The molecule has 0 fully saturated rings. The molecular formula is C9H17NO3. The molecule has 0 heterocycles. The zero-order valence-electron chi connectivity index (χ0n) is 8.66. The van der Waals surface area contributed by atoms with Crippen LogP contribution in [0.3, 0.4) is 0 Å². The fraction of sp³-hybridized carbons (Fsp3) is 0.778. The van der Waals surface area contributed by atoms with Crippen LogP contribution >= 0.6 is 0 Å². The number of rotatable bonds is 4. The van der Waals surface area contributed by atoms with Gasteiger partial charge in [-0.3, -0.25) is 4.79 Å². The third-order valence-electron chi connectivity index (χ3n) is 1.61. The van der Waals surface area contributed by atoms with Crippen LogP contribution in [-0.2, 0) is 9.53 Å². The van der Waals surface area contributed by atoms with Gasteiger partial charge in [0.15, 0.2) is 11.9 Å². The van der Waals surface area contributed by atoms with Gasteiger partial charge in [-0.25, -0.2) is 4.79 Å². The van der Waals surface area contributed by atoms with E-state index >= 15 is 0 Å². The van der Waals surface area contributed by atoms with Crippen molar-refractivity contribution in [3.63, 3.8) is 0 Å². The summed E-state index contributed by atoms with van der Waals surface area (Å²) >= 11 is 0. The second kappa shape index (κ2) is 5.56. The molecule has 0 bridgehead atoms. The molecule has 1 unspecified atom stereocenters. The Hall–Kier alpha value is -1.06. The zero-order chi connectivity index (χ0) is 10.4. The molecule has 0 aliphatic carbocycles. The summed E-state index contributed by atoms with van der Waals surface area (Å²) in [5, 5.41) is 0. The van der Waals surface area contributed by atoms with Gasteiger partial charge in [0.2, 0.25) is 0 Å². The van der Waals surface area contributed by atoms with Gasteiger partial charge in [0.05, 0.1) is 0 Å². The summed E-state index contributed by atoms with van der Waals surface area (Å²) in [6, 6.07) is 0. The summed E-state index contributed by atoms with van der Waals surface area (Å²) in [6.45, 7) is 3.38. The van der Waals surface area contributed by atoms with Crippen molar-refractivity contribution in [2.75, 3.05) is 14.1 Å². The molecule has 0 spiro atoms. The van der Waals surface area contributed by atoms with Crippen LogP contribution < -0.4 is 0 Å². The van der Waals surface area contributed by atoms with Crippen molar-refractivity contribution >= 4 is 11.9 Å². The third kappa shape index (κ3) is 4.50. The molecule has 0 saturated heterocycles. The smallest absolute Gasteiger partial charge is 0.409 e. The zero-order valence-corrected chi connectivity index (χ0v) is 8.66. The number of hydrogen-bond donors (Lipinski definition) is 0. The largest absolute Gasteiger partial charge is 0.438 e. The van der Waals surface area contributed by atoms with E-state index in [-0.39, 0.29) is 5.78 Å². The number of carbonyl (C=O) groups is 2. The molecule has 0 aliphatic rings. The Bertz CT molecular complexity index is 189. The second-order valence-corrected chi connectivity index (χ2v) is 3.17. The highest BCUT2D eigenvalue weighted by atomic mass is 16.6. The van der Waals surface area contributed by atoms with Gasteiger partial charge in [0, 0.05) is 14.1 Å². The average Bonchev–Trinajstić information content (AvgIpc) is 2.03. The Morgan fingerprint density at radius 2 is 1.92 bits per heavy atom. The maximum atomic E-state index is 11.1. The Balaban J connectivity index is 4.10. The molecule has 0 aromatic carbocycles. The van der Waals surface area contributed by atoms with Crippen LogP contribution in [0.1, 0.15) is 26.7 Å². The number of ether oxygens (including phenoxy) is 1. The van der Waals surface area contributed by atoms with Gasteiger partial charge in [-0.15, -0.1) is 0 Å². The molecule has 0 aliphatic heterocycles. The Morgan fingerprint density at radius 3 is 2.23 bits per heavy atom. The topological polar surface area (TPSA) is 46.6 Å². The SMILES string of the molecule is CCCC(OC(=O)N(C)C)C(C)=O. The molecule has 0 rings (SSSR count). The van der Waals surface area contributed by atoms with Gasteiger partial charge in [-0.05, 0) is 13.3 Å². The highest BCUT2D eigenvalue weighted by Crippen LogP contribution is 2.05. The molecule has 13 heavy (non-hydrogen) atoms. The Kier molecular flexibility index (Phi) is 5.11. The van der Waals surface area contributed by atoms with E-state index in [2.05, 4.69) is 0 Å².